The van der Waals surface area contributed by atoms with Crippen molar-refractivity contribution in [2.75, 3.05) is 31.1 Å². The first-order chi connectivity index (χ1) is 12.6. The Morgan fingerprint density at radius 3 is 2.33 bits per heavy atom. The Morgan fingerprint density at radius 2 is 1.74 bits per heavy atom. The van der Waals surface area contributed by atoms with E-state index in [0.717, 1.165) is 31.7 Å². The van der Waals surface area contributed by atoms with Gasteiger partial charge in [0.2, 0.25) is 5.95 Å². The summed E-state index contributed by atoms with van der Waals surface area (Å²) in [7, 11) is 0. The van der Waals surface area contributed by atoms with Gasteiger partial charge in [0.1, 0.15) is 5.75 Å². The molecule has 0 aliphatic carbocycles. The maximum atomic E-state index is 12.1. The molecule has 2 heterocycles. The first kappa shape index (κ1) is 21.1. The summed E-state index contributed by atoms with van der Waals surface area (Å²) >= 11 is 0. The maximum Gasteiger partial charge on any atom is 0.387 e. The summed E-state index contributed by atoms with van der Waals surface area (Å²) in [6.45, 7) is 0.543. The van der Waals surface area contributed by atoms with E-state index in [1.54, 1.807) is 30.6 Å². The minimum absolute atomic E-state index is 0. The van der Waals surface area contributed by atoms with Gasteiger partial charge >= 0.3 is 6.61 Å². The lowest BCUT2D eigenvalue weighted by atomic mass is 10.2. The third-order valence-electron chi connectivity index (χ3n) is 4.01. The predicted octanol–water partition coefficient (Wildman–Crippen LogP) is 2.33. The molecular weight excluding hydrogens is 469 g/mol. The van der Waals surface area contributed by atoms with Gasteiger partial charge in [-0.25, -0.2) is 15.0 Å². The van der Waals surface area contributed by atoms with Crippen molar-refractivity contribution in [3.63, 3.8) is 0 Å². The molecule has 0 atom stereocenters. The van der Waals surface area contributed by atoms with E-state index in [1.807, 2.05) is 4.90 Å². The SMILES string of the molecule is I.NC(=NCc1ccc(OC(F)F)cc1)N1CCN(c2ncccn2)CC1. The fourth-order valence-electron chi connectivity index (χ4n) is 2.64. The van der Waals surface area contributed by atoms with E-state index in [0.29, 0.717) is 18.5 Å². The molecule has 1 aliphatic heterocycles. The lowest BCUT2D eigenvalue weighted by Gasteiger charge is -2.35. The molecule has 1 aromatic carbocycles. The van der Waals surface area contributed by atoms with Gasteiger partial charge in [-0.3, -0.25) is 0 Å². The molecule has 1 aliphatic rings. The normalized spacial score (nSPS) is 14.9. The van der Waals surface area contributed by atoms with Crippen LogP contribution in [-0.4, -0.2) is 53.6 Å². The van der Waals surface area contributed by atoms with E-state index < -0.39 is 6.61 Å². The molecular formula is C17H21F2IN6O. The van der Waals surface area contributed by atoms with Crippen molar-refractivity contribution in [2.24, 2.45) is 10.7 Å². The first-order valence-corrected chi connectivity index (χ1v) is 8.22. The van der Waals surface area contributed by atoms with Crippen LogP contribution >= 0.6 is 24.0 Å². The summed E-state index contributed by atoms with van der Waals surface area (Å²) in [6.07, 6.45) is 3.45. The van der Waals surface area contributed by atoms with Crippen molar-refractivity contribution in [2.45, 2.75) is 13.2 Å². The zero-order chi connectivity index (χ0) is 18.4. The number of guanidine groups is 1. The van der Waals surface area contributed by atoms with Gasteiger partial charge in [-0.15, -0.1) is 24.0 Å². The number of aliphatic imine (C=N–C) groups is 1. The molecule has 2 aromatic rings. The molecule has 10 heteroatoms. The van der Waals surface area contributed by atoms with Gasteiger partial charge in [0.15, 0.2) is 5.96 Å². The summed E-state index contributed by atoms with van der Waals surface area (Å²) in [5.41, 5.74) is 6.95. The van der Waals surface area contributed by atoms with Crippen molar-refractivity contribution in [1.82, 2.24) is 14.9 Å². The van der Waals surface area contributed by atoms with Crippen LogP contribution in [0.3, 0.4) is 0 Å². The molecule has 0 unspecified atom stereocenters. The zero-order valence-corrected chi connectivity index (χ0v) is 16.9. The molecule has 1 saturated heterocycles. The van der Waals surface area contributed by atoms with Crippen LogP contribution in [-0.2, 0) is 6.54 Å². The van der Waals surface area contributed by atoms with Crippen molar-refractivity contribution >= 4 is 35.9 Å². The number of rotatable bonds is 5. The minimum Gasteiger partial charge on any atom is -0.435 e. The van der Waals surface area contributed by atoms with Crippen molar-refractivity contribution < 1.29 is 13.5 Å². The molecule has 0 saturated carbocycles. The summed E-state index contributed by atoms with van der Waals surface area (Å²) in [4.78, 5) is 17.0. The molecule has 2 N–H and O–H groups in total. The van der Waals surface area contributed by atoms with Crippen LogP contribution in [0.5, 0.6) is 5.75 Å². The lowest BCUT2D eigenvalue weighted by molar-refractivity contribution is -0.0498. The van der Waals surface area contributed by atoms with E-state index in [1.165, 1.54) is 12.1 Å². The monoisotopic (exact) mass is 490 g/mol. The number of piperazine rings is 1. The van der Waals surface area contributed by atoms with E-state index in [9.17, 15) is 8.78 Å². The van der Waals surface area contributed by atoms with Gasteiger partial charge < -0.3 is 20.3 Å². The van der Waals surface area contributed by atoms with Gasteiger partial charge in [-0.05, 0) is 23.8 Å². The average Bonchev–Trinajstić information content (AvgIpc) is 2.67. The Bertz CT molecular complexity index is 724. The Morgan fingerprint density at radius 1 is 1.11 bits per heavy atom. The highest BCUT2D eigenvalue weighted by Crippen LogP contribution is 2.15. The number of nitrogens with zero attached hydrogens (tertiary/aromatic N) is 5. The topological polar surface area (TPSA) is 79.9 Å². The highest BCUT2D eigenvalue weighted by molar-refractivity contribution is 14.0. The van der Waals surface area contributed by atoms with Crippen molar-refractivity contribution in [1.29, 1.82) is 0 Å². The van der Waals surface area contributed by atoms with Crippen LogP contribution in [0.15, 0.2) is 47.7 Å². The summed E-state index contributed by atoms with van der Waals surface area (Å²) in [6, 6.07) is 8.16. The number of aromatic nitrogens is 2. The van der Waals surface area contributed by atoms with Crippen LogP contribution in [0.2, 0.25) is 0 Å². The van der Waals surface area contributed by atoms with Crippen molar-refractivity contribution in [3.8, 4) is 5.75 Å². The smallest absolute Gasteiger partial charge is 0.387 e. The molecule has 1 fully saturated rings. The highest BCUT2D eigenvalue weighted by Gasteiger charge is 2.19. The number of ether oxygens (including phenoxy) is 1. The number of alkyl halides is 2. The number of hydrogen-bond acceptors (Lipinski definition) is 5. The highest BCUT2D eigenvalue weighted by atomic mass is 127. The standard InChI is InChI=1S/C17H20F2N6O.HI/c18-15(19)26-14-4-2-13(3-5-14)12-23-16(20)24-8-10-25(11-9-24)17-21-6-1-7-22-17;/h1-7,15H,8-12H2,(H2,20,23);1H. The number of anilines is 1. The lowest BCUT2D eigenvalue weighted by Crippen LogP contribution is -2.51. The molecule has 0 radical (unpaired) electrons. The van der Waals surface area contributed by atoms with Gasteiger partial charge in [0.05, 0.1) is 6.54 Å². The Kier molecular flexibility index (Phi) is 7.95. The van der Waals surface area contributed by atoms with Gasteiger partial charge in [0.25, 0.3) is 0 Å². The zero-order valence-electron chi connectivity index (χ0n) is 14.5. The van der Waals surface area contributed by atoms with Crippen LogP contribution < -0.4 is 15.4 Å². The van der Waals surface area contributed by atoms with Crippen LogP contribution in [0, 0.1) is 0 Å². The number of halogens is 3. The van der Waals surface area contributed by atoms with Gasteiger partial charge in [0, 0.05) is 38.6 Å². The number of hydrogen-bond donors (Lipinski definition) is 1. The van der Waals surface area contributed by atoms with E-state index in [2.05, 4.69) is 24.6 Å². The van der Waals surface area contributed by atoms with E-state index in [-0.39, 0.29) is 29.7 Å². The second-order valence-corrected chi connectivity index (χ2v) is 5.72. The van der Waals surface area contributed by atoms with E-state index >= 15 is 0 Å². The van der Waals surface area contributed by atoms with E-state index in [4.69, 9.17) is 5.73 Å². The largest absolute Gasteiger partial charge is 0.435 e. The fraction of sp³-hybridized carbons (Fsp3) is 0.353. The predicted molar refractivity (Wildman–Crippen MR) is 110 cm³/mol. The molecule has 7 nitrogen and oxygen atoms in total. The van der Waals surface area contributed by atoms with Gasteiger partial charge in [-0.1, -0.05) is 12.1 Å². The summed E-state index contributed by atoms with van der Waals surface area (Å²) < 4.78 is 28.6. The molecule has 0 bridgehead atoms. The molecule has 1 aromatic heterocycles. The summed E-state index contributed by atoms with van der Waals surface area (Å²) in [5, 5.41) is 0. The van der Waals surface area contributed by atoms with Crippen LogP contribution in [0.25, 0.3) is 0 Å². The Balaban J connectivity index is 0.00000261. The molecule has 0 spiro atoms. The molecule has 27 heavy (non-hydrogen) atoms. The summed E-state index contributed by atoms with van der Waals surface area (Å²) in [5.74, 6) is 1.31. The molecule has 146 valence electrons. The third-order valence-corrected chi connectivity index (χ3v) is 4.01. The second kappa shape index (κ2) is 10.2. The van der Waals surface area contributed by atoms with Crippen LogP contribution in [0.4, 0.5) is 14.7 Å². The number of benzene rings is 1. The van der Waals surface area contributed by atoms with Crippen LogP contribution in [0.1, 0.15) is 5.56 Å². The van der Waals surface area contributed by atoms with Gasteiger partial charge in [-0.2, -0.15) is 8.78 Å². The van der Waals surface area contributed by atoms with Crippen molar-refractivity contribution in [3.05, 3.63) is 48.3 Å². The minimum atomic E-state index is -2.82. The quantitative estimate of drug-likeness (QED) is 0.394. The molecule has 3 rings (SSSR count). The molecule has 0 amide bonds. The number of nitrogens with two attached hydrogens (primary N) is 1. The Labute approximate surface area is 173 Å². The fourth-order valence-corrected chi connectivity index (χ4v) is 2.64. The Hall–Kier alpha value is -2.24. The average molecular weight is 490 g/mol. The maximum absolute atomic E-state index is 12.1. The third kappa shape index (κ3) is 6.15. The second-order valence-electron chi connectivity index (χ2n) is 5.72. The first-order valence-electron chi connectivity index (χ1n) is 8.22.